The maximum atomic E-state index is 14.3. The van der Waals surface area contributed by atoms with Gasteiger partial charge in [0, 0.05) is 142 Å². The molecule has 5 fully saturated rings. The zero-order valence-electron chi connectivity index (χ0n) is 79.4. The van der Waals surface area contributed by atoms with Gasteiger partial charge in [-0.3, -0.25) is 24.0 Å². The zero-order valence-corrected chi connectivity index (χ0v) is 82.3. The number of benzene rings is 11. The van der Waals surface area contributed by atoms with Gasteiger partial charge in [0.2, 0.25) is 0 Å². The summed E-state index contributed by atoms with van der Waals surface area (Å²) in [5.74, 6) is 0.395. The van der Waals surface area contributed by atoms with Crippen molar-refractivity contribution in [1.82, 2.24) is 59.0 Å². The number of rotatable bonds is 20. The Morgan fingerprint density at radius 3 is 1.89 bits per heavy atom. The number of likely N-dealkylation sites (tertiary alicyclic amines) is 1. The molecule has 4 bridgehead atoms. The largest absolute Gasteiger partial charge is 0.493 e. The molecule has 4 saturated heterocycles. The summed E-state index contributed by atoms with van der Waals surface area (Å²) in [5, 5.41) is 43.3. The molecule has 8 aliphatic heterocycles. The number of aliphatic hydroxyl groups excluding tert-OH is 1. The number of carbonyl (C=O) groups excluding carboxylic acids is 5. The highest BCUT2D eigenvalue weighted by Gasteiger charge is 2.61. The number of likely N-dealkylation sites (N-methyl/N-ethyl adjacent to an activating group) is 1. The van der Waals surface area contributed by atoms with E-state index < -0.39 is 59.8 Å². The van der Waals surface area contributed by atoms with Gasteiger partial charge >= 0.3 is 6.03 Å². The highest BCUT2D eigenvalue weighted by atomic mass is 127. The highest BCUT2D eigenvalue weighted by Crippen LogP contribution is 2.59. The third-order valence-electron chi connectivity index (χ3n) is 29.5. The van der Waals surface area contributed by atoms with Gasteiger partial charge in [0.1, 0.15) is 42.1 Å². The van der Waals surface area contributed by atoms with E-state index in [1.54, 1.807) is 38.7 Å². The predicted molar refractivity (Wildman–Crippen MR) is 551 cm³/mol. The first kappa shape index (κ1) is 93.7. The van der Waals surface area contributed by atoms with E-state index >= 15 is 0 Å². The summed E-state index contributed by atoms with van der Waals surface area (Å²) in [7, 11) is 5.23. The number of para-hydroxylation sites is 4. The number of hydrogen-bond acceptors (Lipinski definition) is 19. The molecule has 33 heteroatoms. The SMILES string of the molecule is CC12OC(CC1(O)CO)n1c3ccccc3c3c4c(c5c6ccccc6n2c5c31)CNC4=O.COC1C(N(C)C(=O)c2ccccc2)CC2OC1(C)n1c3ccccc3c3c4c(c5c6ccccc6n2c5c31)C(=O)NC4.COc1cc2c(N3CCN(C(=O)Nc4ccc(OC(C)C)cc4)CC3)ncnc2cc1OCCCN1CCCCC1.O=C(NOCC1CC1)c1ccc(F)c(F)c1Nc1ccc(I)cc1Cl. The molecule has 16 aromatic rings. The van der Waals surface area contributed by atoms with Crippen LogP contribution in [-0.4, -0.2) is 194 Å². The first-order chi connectivity index (χ1) is 68.9. The molecule has 9 aliphatic rings. The lowest BCUT2D eigenvalue weighted by molar-refractivity contribution is -0.264. The van der Waals surface area contributed by atoms with Gasteiger partial charge in [0.05, 0.1) is 122 Å². The molecule has 5 aromatic heterocycles. The van der Waals surface area contributed by atoms with Crippen LogP contribution < -0.4 is 45.9 Å². The van der Waals surface area contributed by atoms with E-state index in [0.29, 0.717) is 92.6 Å². The van der Waals surface area contributed by atoms with Crippen LogP contribution in [0, 0.1) is 21.1 Å². The number of piperidine rings is 1. The molecule has 0 spiro atoms. The van der Waals surface area contributed by atoms with Crippen molar-refractivity contribution in [3.05, 3.63) is 254 Å². The Kier molecular flexibility index (Phi) is 24.8. The lowest BCUT2D eigenvalue weighted by Crippen LogP contribution is -2.61. The second kappa shape index (κ2) is 37.5. The molecule has 1 aliphatic carbocycles. The average molecular weight is 2050 g/mol. The van der Waals surface area contributed by atoms with Crippen molar-refractivity contribution in [3.8, 4) is 17.2 Å². The number of nitrogens with zero attached hydrogens (tertiary/aromatic N) is 10. The minimum absolute atomic E-state index is 0.0446. The van der Waals surface area contributed by atoms with Crippen LogP contribution in [-0.2, 0) is 43.6 Å². The van der Waals surface area contributed by atoms with Gasteiger partial charge in [-0.2, -0.15) is 0 Å². The first-order valence-corrected chi connectivity index (χ1v) is 49.8. The van der Waals surface area contributed by atoms with Crippen LogP contribution in [0.4, 0.5) is 36.5 Å². The van der Waals surface area contributed by atoms with Gasteiger partial charge in [-0.05, 0) is 210 Å². The number of methoxy groups -OCH3 is 2. The molecule has 11 aromatic carbocycles. The second-order valence-corrected chi connectivity index (χ2v) is 40.1. The summed E-state index contributed by atoms with van der Waals surface area (Å²) in [5.41, 5.74) is 12.1. The average Bonchev–Trinajstić information content (AvgIpc) is 1.50. The van der Waals surface area contributed by atoms with E-state index in [4.69, 9.17) is 44.9 Å². The third kappa shape index (κ3) is 16.0. The number of fused-ring (bicyclic) bond motifs is 27. The van der Waals surface area contributed by atoms with Crippen LogP contribution in [0.25, 0.3) is 98.1 Å². The molecule has 6 amide bonds. The molecular formula is C109H107ClF2IN15O14. The second-order valence-electron chi connectivity index (χ2n) is 38.4. The topological polar surface area (TPSA) is 309 Å². The van der Waals surface area contributed by atoms with Gasteiger partial charge in [-0.25, -0.2) is 29.0 Å². The minimum atomic E-state index is -1.48. The fraction of sp³-hybridized carbons (Fsp3) is 0.330. The summed E-state index contributed by atoms with van der Waals surface area (Å²) in [6, 6.07) is 60.2. The van der Waals surface area contributed by atoms with Crippen molar-refractivity contribution in [3.63, 3.8) is 0 Å². The summed E-state index contributed by atoms with van der Waals surface area (Å²) in [4.78, 5) is 88.4. The molecule has 25 rings (SSSR count). The van der Waals surface area contributed by atoms with E-state index in [9.17, 15) is 43.0 Å². The zero-order chi connectivity index (χ0) is 98.1. The summed E-state index contributed by atoms with van der Waals surface area (Å²) >= 11 is 8.20. The lowest BCUT2D eigenvalue weighted by atomic mass is 9.89. The number of amides is 6. The van der Waals surface area contributed by atoms with E-state index in [-0.39, 0.29) is 53.6 Å². The first-order valence-electron chi connectivity index (χ1n) is 48.4. The van der Waals surface area contributed by atoms with Gasteiger partial charge in [-0.1, -0.05) is 109 Å². The van der Waals surface area contributed by atoms with Crippen LogP contribution in [0.2, 0.25) is 5.02 Å². The quantitative estimate of drug-likeness (QED) is 0.0212. The van der Waals surface area contributed by atoms with Crippen LogP contribution in [0.15, 0.2) is 200 Å². The molecule has 1 saturated carbocycles. The number of halogens is 4. The summed E-state index contributed by atoms with van der Waals surface area (Å²) in [6.07, 6.45) is 8.13. The third-order valence-corrected chi connectivity index (χ3v) is 30.5. The van der Waals surface area contributed by atoms with Crippen LogP contribution >= 0.6 is 34.2 Å². The van der Waals surface area contributed by atoms with Crippen LogP contribution in [0.1, 0.15) is 144 Å². The Labute approximate surface area is 834 Å². The number of ether oxygens (including phenoxy) is 6. The number of nitrogens with one attached hydrogen (secondary N) is 5. The number of aromatic nitrogens is 6. The predicted octanol–water partition coefficient (Wildman–Crippen LogP) is 19.5. The van der Waals surface area contributed by atoms with Crippen molar-refractivity contribution >= 4 is 185 Å². The molecule has 7 N–H and O–H groups in total. The Balaban J connectivity index is 0.000000110. The number of piperazine rings is 1. The standard InChI is InChI=1S/C35H30N4O4.C31H42N6O4.C26H21N3O4.C17H14ClF2IN2O2/c1-35-32(42-3)25(37(2)34(41)19-11-5-4-6-12-19)17-26(43-35)38-23-15-9-7-13-20(23)28-29-22(18-36-33(29)40)27-21-14-8-10-16-24(21)39(35)31(27)30(28)38;1-23(2)41-25-10-8-24(9-11-25)34-31(38)37-17-15-36(16-18-37)30-26-20-28(39-3)29(21-27(26)32-22-33-30)40-19-7-14-35-12-5-4-6-13-35;1-25-26(32,12-30)10-18(33-25)28-16-8-4-2-6-13(16)20-21-15(11-27-24(21)31)19-14-7-3-5-9-17(14)29(25)23(19)22(20)28;18-12-7-10(21)3-6-14(12)22-16-11(4-5-13(19)15(16)20)17(24)23-25-8-9-1-2-9/h4-16,25-26,32H,17-18H2,1-3H3,(H,36,40);8-11,20-23H,4-7,12-19H2,1-3H3,(H,34,38);2-9,18,30,32H,10-12H2,1H3,(H,27,31);3-7,9,22H,1-2,8H2,(H,23,24). The molecule has 142 heavy (non-hydrogen) atoms. The maximum absolute atomic E-state index is 14.3. The summed E-state index contributed by atoms with van der Waals surface area (Å²) < 4.78 is 75.4. The van der Waals surface area contributed by atoms with Gasteiger partial charge in [0.25, 0.3) is 23.6 Å². The lowest BCUT2D eigenvalue weighted by Gasteiger charge is -2.50. The maximum Gasteiger partial charge on any atom is 0.321 e. The molecule has 29 nitrogen and oxygen atoms in total. The normalized spacial score (nSPS) is 20.9. The van der Waals surface area contributed by atoms with Crippen molar-refractivity contribution in [1.29, 1.82) is 0 Å². The Hall–Kier alpha value is -13.3. The number of hydroxylamine groups is 1. The summed E-state index contributed by atoms with van der Waals surface area (Å²) in [6.45, 7) is 15.4. The van der Waals surface area contributed by atoms with Crippen molar-refractivity contribution in [2.75, 3.05) is 102 Å². The Morgan fingerprint density at radius 2 is 1.27 bits per heavy atom. The number of hydrogen-bond donors (Lipinski definition) is 7. The van der Waals surface area contributed by atoms with Crippen molar-refractivity contribution in [2.24, 2.45) is 5.92 Å². The molecule has 7 atom stereocenters. The van der Waals surface area contributed by atoms with E-state index in [0.717, 1.165) is 173 Å². The Morgan fingerprint density at radius 1 is 0.669 bits per heavy atom. The van der Waals surface area contributed by atoms with Gasteiger partial charge < -0.3 is 97.8 Å². The smallest absolute Gasteiger partial charge is 0.321 e. The minimum Gasteiger partial charge on any atom is -0.493 e. The van der Waals surface area contributed by atoms with E-state index in [1.165, 1.54) is 38.4 Å². The van der Waals surface area contributed by atoms with Crippen LogP contribution in [0.3, 0.4) is 0 Å². The molecule has 730 valence electrons. The van der Waals surface area contributed by atoms with E-state index in [2.05, 4.69) is 125 Å². The Bertz CT molecular complexity index is 7780. The number of anilines is 4. The number of aliphatic hydroxyl groups is 2. The molecule has 0 radical (unpaired) electrons. The number of carbonyl (C=O) groups is 5. The number of urea groups is 1. The van der Waals surface area contributed by atoms with Crippen molar-refractivity contribution in [2.45, 2.75) is 140 Å². The van der Waals surface area contributed by atoms with Gasteiger partial charge in [0.15, 0.2) is 34.6 Å². The molecule has 7 unspecified atom stereocenters. The van der Waals surface area contributed by atoms with Gasteiger partial charge in [-0.15, -0.1) is 0 Å². The van der Waals surface area contributed by atoms with Crippen molar-refractivity contribution < 1.29 is 76.2 Å². The highest BCUT2D eigenvalue weighted by molar-refractivity contribution is 14.1. The molecular weight excluding hydrogens is 1940 g/mol. The fourth-order valence-electron chi connectivity index (χ4n) is 22.7. The molecule has 13 heterocycles. The van der Waals surface area contributed by atoms with Crippen LogP contribution in [0.5, 0.6) is 17.2 Å². The van der Waals surface area contributed by atoms with E-state index in [1.807, 2.05) is 171 Å². The fourth-order valence-corrected chi connectivity index (χ4v) is 23.6. The monoisotopic (exact) mass is 2050 g/mol.